The Morgan fingerprint density at radius 3 is 2.58 bits per heavy atom. The summed E-state index contributed by atoms with van der Waals surface area (Å²) in [6.07, 6.45) is -0.802. The van der Waals surface area contributed by atoms with Crippen molar-refractivity contribution >= 4 is 16.6 Å². The molecule has 36 heavy (non-hydrogen) atoms. The average Bonchev–Trinajstić information content (AvgIpc) is 3.27. The number of halogens is 6. The Balaban J connectivity index is 1.55. The highest BCUT2D eigenvalue weighted by atomic mass is 19.4. The highest BCUT2D eigenvalue weighted by Gasteiger charge is 2.45. The van der Waals surface area contributed by atoms with Gasteiger partial charge in [0, 0.05) is 47.5 Å². The van der Waals surface area contributed by atoms with Crippen LogP contribution < -0.4 is 5.32 Å². The molecule has 0 aromatic carbocycles. The van der Waals surface area contributed by atoms with E-state index < -0.39 is 24.0 Å². The molecule has 0 spiro atoms. The van der Waals surface area contributed by atoms with Gasteiger partial charge in [0.25, 0.3) is 0 Å². The topological polar surface area (TPSA) is 56.8 Å². The van der Waals surface area contributed by atoms with Crippen molar-refractivity contribution in [1.82, 2.24) is 25.2 Å². The maximum Gasteiger partial charge on any atom is 0.417 e. The van der Waals surface area contributed by atoms with Gasteiger partial charge in [0.15, 0.2) is 0 Å². The van der Waals surface area contributed by atoms with Gasteiger partial charge in [-0.1, -0.05) is 6.58 Å². The van der Waals surface area contributed by atoms with Crippen LogP contribution >= 0.6 is 0 Å². The lowest BCUT2D eigenvalue weighted by molar-refractivity contribution is -0.186. The zero-order valence-electron chi connectivity index (χ0n) is 18.8. The number of allylic oxidation sites excluding steroid dienone is 3. The minimum Gasteiger partial charge on any atom is -0.346 e. The van der Waals surface area contributed by atoms with Crippen LogP contribution in [0.15, 0.2) is 67.0 Å². The lowest BCUT2D eigenvalue weighted by Crippen LogP contribution is -2.50. The molecule has 5 rings (SSSR count). The summed E-state index contributed by atoms with van der Waals surface area (Å²) < 4.78 is 80.6. The number of hydrogen-bond donors (Lipinski definition) is 2. The first-order valence-corrected chi connectivity index (χ1v) is 11.2. The van der Waals surface area contributed by atoms with Gasteiger partial charge < -0.3 is 15.2 Å². The van der Waals surface area contributed by atoms with E-state index in [1.54, 1.807) is 24.3 Å². The lowest BCUT2D eigenvalue weighted by atomic mass is 9.97. The smallest absolute Gasteiger partial charge is 0.346 e. The summed E-state index contributed by atoms with van der Waals surface area (Å²) in [4.78, 5) is 12.3. The van der Waals surface area contributed by atoms with Gasteiger partial charge in [0.2, 0.25) is 0 Å². The zero-order valence-corrected chi connectivity index (χ0v) is 18.8. The van der Waals surface area contributed by atoms with E-state index in [-0.39, 0.29) is 18.5 Å². The fourth-order valence-corrected chi connectivity index (χ4v) is 4.66. The fraction of sp³-hybridized carbons (Fsp3) is 0.280. The van der Waals surface area contributed by atoms with Gasteiger partial charge in [0.1, 0.15) is 17.5 Å². The summed E-state index contributed by atoms with van der Waals surface area (Å²) in [5, 5.41) is 3.57. The first kappa shape index (κ1) is 24.0. The number of nitrogens with one attached hydrogen (secondary N) is 2. The Morgan fingerprint density at radius 1 is 1.03 bits per heavy atom. The van der Waals surface area contributed by atoms with E-state index in [0.29, 0.717) is 52.2 Å². The maximum absolute atomic E-state index is 13.7. The Kier molecular flexibility index (Phi) is 5.80. The SMILES string of the molecule is C=C1C=C(c2ccnc3[nH]c(-c4cncc(C(F)(F)F)c4)cc23)C=C(N2CCCCC2C(F)(F)F)N1. The zero-order chi connectivity index (χ0) is 25.7. The van der Waals surface area contributed by atoms with E-state index in [1.165, 1.54) is 17.3 Å². The van der Waals surface area contributed by atoms with Crippen molar-refractivity contribution < 1.29 is 26.3 Å². The maximum atomic E-state index is 13.7. The van der Waals surface area contributed by atoms with Gasteiger partial charge in [-0.15, -0.1) is 0 Å². The number of rotatable bonds is 3. The molecule has 5 heterocycles. The largest absolute Gasteiger partial charge is 0.417 e. The van der Waals surface area contributed by atoms with Crippen LogP contribution in [0.4, 0.5) is 26.3 Å². The number of alkyl halides is 6. The van der Waals surface area contributed by atoms with Crippen molar-refractivity contribution in [1.29, 1.82) is 0 Å². The number of aromatic nitrogens is 3. The predicted octanol–water partition coefficient (Wildman–Crippen LogP) is 6.40. The van der Waals surface area contributed by atoms with Crippen molar-refractivity contribution in [2.75, 3.05) is 6.54 Å². The Bertz CT molecular complexity index is 1380. The average molecular weight is 505 g/mol. The predicted molar refractivity (Wildman–Crippen MR) is 123 cm³/mol. The summed E-state index contributed by atoms with van der Waals surface area (Å²) in [6.45, 7) is 4.17. The first-order valence-electron chi connectivity index (χ1n) is 11.2. The lowest BCUT2D eigenvalue weighted by Gasteiger charge is -2.40. The second kappa shape index (κ2) is 8.72. The van der Waals surface area contributed by atoms with E-state index in [2.05, 4.69) is 26.8 Å². The Labute approximate surface area is 202 Å². The molecule has 188 valence electrons. The van der Waals surface area contributed by atoms with Gasteiger partial charge in [0.05, 0.1) is 5.56 Å². The molecule has 5 nitrogen and oxygen atoms in total. The van der Waals surface area contributed by atoms with Crippen molar-refractivity contribution in [2.45, 2.75) is 37.7 Å². The third kappa shape index (κ3) is 4.57. The number of fused-ring (bicyclic) bond motifs is 1. The van der Waals surface area contributed by atoms with Gasteiger partial charge in [-0.05, 0) is 60.8 Å². The molecule has 1 unspecified atom stereocenters. The highest BCUT2D eigenvalue weighted by molar-refractivity contribution is 5.96. The van der Waals surface area contributed by atoms with Gasteiger partial charge in [-0.3, -0.25) is 4.98 Å². The molecule has 2 N–H and O–H groups in total. The number of likely N-dealkylation sites (tertiary alicyclic amines) is 1. The van der Waals surface area contributed by atoms with Crippen LogP contribution in [0.2, 0.25) is 0 Å². The fourth-order valence-electron chi connectivity index (χ4n) is 4.66. The van der Waals surface area contributed by atoms with Crippen molar-refractivity contribution in [2.24, 2.45) is 0 Å². The molecule has 0 aliphatic carbocycles. The molecule has 1 fully saturated rings. The number of dihydropyridines is 1. The number of hydrogen-bond acceptors (Lipinski definition) is 4. The minimum absolute atomic E-state index is 0.0136. The van der Waals surface area contributed by atoms with Crippen LogP contribution in [-0.4, -0.2) is 38.6 Å². The van der Waals surface area contributed by atoms with Crippen molar-refractivity contribution in [3.63, 3.8) is 0 Å². The summed E-state index contributed by atoms with van der Waals surface area (Å²) in [6, 6.07) is 2.77. The van der Waals surface area contributed by atoms with E-state index in [1.807, 2.05) is 0 Å². The summed E-state index contributed by atoms with van der Waals surface area (Å²) >= 11 is 0. The molecule has 3 aromatic heterocycles. The van der Waals surface area contributed by atoms with Crippen LogP contribution in [0.3, 0.4) is 0 Å². The minimum atomic E-state index is -4.54. The molecule has 1 atom stereocenters. The van der Waals surface area contributed by atoms with Crippen molar-refractivity contribution in [3.8, 4) is 11.3 Å². The third-order valence-electron chi connectivity index (χ3n) is 6.32. The molecule has 0 amide bonds. The van der Waals surface area contributed by atoms with E-state index in [4.69, 9.17) is 0 Å². The summed E-state index contributed by atoms with van der Waals surface area (Å²) in [5.41, 5.74) is 1.85. The molecule has 0 radical (unpaired) electrons. The number of piperidine rings is 1. The molecular formula is C25H21F6N5. The molecular weight excluding hydrogens is 484 g/mol. The van der Waals surface area contributed by atoms with E-state index >= 15 is 0 Å². The number of aromatic amines is 1. The molecule has 11 heteroatoms. The van der Waals surface area contributed by atoms with Gasteiger partial charge in [-0.2, -0.15) is 26.3 Å². The van der Waals surface area contributed by atoms with Crippen LogP contribution in [0.1, 0.15) is 30.4 Å². The summed E-state index contributed by atoms with van der Waals surface area (Å²) in [5.74, 6) is 0.308. The Hall–Kier alpha value is -3.76. The molecule has 2 aliphatic heterocycles. The monoisotopic (exact) mass is 505 g/mol. The molecule has 0 saturated carbocycles. The van der Waals surface area contributed by atoms with E-state index in [9.17, 15) is 26.3 Å². The molecule has 2 aliphatic rings. The van der Waals surface area contributed by atoms with Crippen LogP contribution in [0, 0.1) is 0 Å². The van der Waals surface area contributed by atoms with Gasteiger partial charge in [-0.25, -0.2) is 4.98 Å². The van der Waals surface area contributed by atoms with Crippen LogP contribution in [0.25, 0.3) is 27.9 Å². The van der Waals surface area contributed by atoms with E-state index in [0.717, 1.165) is 12.3 Å². The first-order chi connectivity index (χ1) is 17.0. The normalized spacial score (nSPS) is 19.2. The number of nitrogens with zero attached hydrogens (tertiary/aromatic N) is 3. The second-order valence-electron chi connectivity index (χ2n) is 8.79. The molecule has 0 bridgehead atoms. The number of pyridine rings is 2. The summed E-state index contributed by atoms with van der Waals surface area (Å²) in [7, 11) is 0. The molecule has 1 saturated heterocycles. The Morgan fingerprint density at radius 2 is 1.83 bits per heavy atom. The van der Waals surface area contributed by atoms with Crippen LogP contribution in [-0.2, 0) is 6.18 Å². The van der Waals surface area contributed by atoms with Gasteiger partial charge >= 0.3 is 12.4 Å². The van der Waals surface area contributed by atoms with Crippen molar-refractivity contribution in [3.05, 3.63) is 78.2 Å². The third-order valence-corrected chi connectivity index (χ3v) is 6.32. The highest BCUT2D eigenvalue weighted by Crippen LogP contribution is 2.37. The second-order valence-corrected chi connectivity index (χ2v) is 8.79. The number of H-pyrrole nitrogens is 1. The quantitative estimate of drug-likeness (QED) is 0.405. The van der Waals surface area contributed by atoms with Crippen LogP contribution in [0.5, 0.6) is 0 Å². The molecule has 3 aromatic rings. The standard InChI is InChI=1S/C25H21F6N5/c1-14-8-15(10-22(34-14)36-7-3-2-4-21(36)25(29,30)31)18-5-6-33-23-19(18)11-20(35-23)16-9-17(13-32-12-16)24(26,27)28/h5-6,8-13,21,34H,1-4,7H2,(H,33,35).